The third-order valence-electron chi connectivity index (χ3n) is 9.03. The lowest BCUT2D eigenvalue weighted by atomic mass is 9.51. The van der Waals surface area contributed by atoms with E-state index in [1.54, 1.807) is 24.3 Å². The Hall–Kier alpha value is -4.23. The van der Waals surface area contributed by atoms with Gasteiger partial charge in [-0.3, -0.25) is 4.79 Å². The molecule has 45 heavy (non-hydrogen) atoms. The maximum Gasteiger partial charge on any atom is 0.343 e. The van der Waals surface area contributed by atoms with Crippen LogP contribution in [0.25, 0.3) is 0 Å². The highest BCUT2D eigenvalue weighted by Gasteiger charge is 2.54. The van der Waals surface area contributed by atoms with Gasteiger partial charge in [0.25, 0.3) is 0 Å². The van der Waals surface area contributed by atoms with Crippen LogP contribution in [0.4, 0.5) is 0 Å². The van der Waals surface area contributed by atoms with Gasteiger partial charge in [0.05, 0.1) is 16.4 Å². The van der Waals surface area contributed by atoms with Crippen LogP contribution in [0.5, 0.6) is 11.5 Å². The van der Waals surface area contributed by atoms with Crippen LogP contribution in [-0.4, -0.2) is 11.9 Å². The zero-order valence-corrected chi connectivity index (χ0v) is 27.8. The minimum Gasteiger partial charge on any atom is -0.426 e. The summed E-state index contributed by atoms with van der Waals surface area (Å²) in [5, 5.41) is 0. The van der Waals surface area contributed by atoms with Crippen LogP contribution >= 0.6 is 22.6 Å². The molecule has 0 saturated carbocycles. The number of hydrogen-bond acceptors (Lipinski definition) is 4. The number of carbonyl (C=O) groups excluding carboxylic acids is 2. The molecule has 2 bridgehead atoms. The first-order chi connectivity index (χ1) is 21.6. The minimum absolute atomic E-state index is 0.202. The van der Waals surface area contributed by atoms with Gasteiger partial charge in [-0.15, -0.1) is 0 Å². The van der Waals surface area contributed by atoms with Crippen LogP contribution in [0.3, 0.4) is 0 Å². The number of aryl methyl sites for hydroxylation is 1. The Labute approximate surface area is 277 Å². The fraction of sp³-hybridized carbons (Fsp3) is 0.200. The number of hydrogen-bond donors (Lipinski definition) is 0. The molecule has 3 aliphatic carbocycles. The molecule has 0 spiro atoms. The van der Waals surface area contributed by atoms with Crippen LogP contribution < -0.4 is 9.47 Å². The van der Waals surface area contributed by atoms with E-state index in [0.29, 0.717) is 23.5 Å². The summed E-state index contributed by atoms with van der Waals surface area (Å²) in [5.74, 6) is 0.0315. The predicted molar refractivity (Wildman–Crippen MR) is 184 cm³/mol. The molecule has 8 rings (SSSR count). The summed E-state index contributed by atoms with van der Waals surface area (Å²) < 4.78 is 13.6. The van der Waals surface area contributed by atoms with Crippen molar-refractivity contribution >= 4 is 34.5 Å². The quantitative estimate of drug-likeness (QED) is 0.104. The van der Waals surface area contributed by atoms with Gasteiger partial charge in [0.15, 0.2) is 0 Å². The molecule has 0 aliphatic heterocycles. The molecule has 5 aromatic carbocycles. The normalized spacial score (nSPS) is 17.6. The Balaban J connectivity index is 1.53. The topological polar surface area (TPSA) is 52.6 Å². The van der Waals surface area contributed by atoms with Crippen molar-refractivity contribution in [3.8, 4) is 11.5 Å². The first-order valence-corrected chi connectivity index (χ1v) is 16.3. The average molecular weight is 705 g/mol. The van der Waals surface area contributed by atoms with Gasteiger partial charge in [-0.2, -0.15) is 0 Å². The summed E-state index contributed by atoms with van der Waals surface area (Å²) in [4.78, 5) is 27.1. The summed E-state index contributed by atoms with van der Waals surface area (Å²) in [7, 11) is 0. The van der Waals surface area contributed by atoms with E-state index in [1.165, 1.54) is 27.8 Å². The lowest BCUT2D eigenvalue weighted by Crippen LogP contribution is -2.44. The molecule has 0 radical (unpaired) electrons. The zero-order chi connectivity index (χ0) is 31.5. The van der Waals surface area contributed by atoms with Crippen LogP contribution in [0.1, 0.15) is 81.6 Å². The number of rotatable bonds is 5. The highest BCUT2D eigenvalue weighted by Crippen LogP contribution is 2.64. The van der Waals surface area contributed by atoms with Crippen LogP contribution in [0.15, 0.2) is 109 Å². The molecular weight excluding hydrogens is 671 g/mol. The molecule has 4 nitrogen and oxygen atoms in total. The standard InChI is InChI=1S/C40H33IO4/c1-24-13-15-25(16-14-24)23-40-30-11-7-5-9-28(30)34(29-10-6-8-12-31(29)40)35-32(45-38(43)39(2,3)4)21-22-33(36(35)40)44-37(42)26-17-19-27(41)20-18-26/h5-22,34H,23H2,1-4H3. The number of carbonyl (C=O) groups is 2. The van der Waals surface area contributed by atoms with E-state index in [2.05, 4.69) is 102 Å². The number of benzene rings is 5. The Morgan fingerprint density at radius 1 is 0.733 bits per heavy atom. The second-order valence-electron chi connectivity index (χ2n) is 13.1. The van der Waals surface area contributed by atoms with Crippen LogP contribution in [0, 0.1) is 15.9 Å². The summed E-state index contributed by atoms with van der Waals surface area (Å²) in [6.45, 7) is 7.66. The highest BCUT2D eigenvalue weighted by molar-refractivity contribution is 14.1. The molecule has 0 aromatic heterocycles. The van der Waals surface area contributed by atoms with E-state index in [0.717, 1.165) is 20.3 Å². The monoisotopic (exact) mass is 704 g/mol. The van der Waals surface area contributed by atoms with Crippen LogP contribution in [-0.2, 0) is 16.6 Å². The van der Waals surface area contributed by atoms with Gasteiger partial charge in [-0.1, -0.05) is 78.4 Å². The van der Waals surface area contributed by atoms with Crippen molar-refractivity contribution in [2.75, 3.05) is 0 Å². The molecule has 3 aliphatic rings. The molecule has 0 fully saturated rings. The average Bonchev–Trinajstić information content (AvgIpc) is 3.03. The van der Waals surface area contributed by atoms with E-state index in [4.69, 9.17) is 9.47 Å². The Kier molecular flexibility index (Phi) is 7.20. The maximum absolute atomic E-state index is 13.7. The lowest BCUT2D eigenvalue weighted by Gasteiger charge is -2.51. The summed E-state index contributed by atoms with van der Waals surface area (Å²) in [5.41, 5.74) is 7.85. The first kappa shape index (κ1) is 29.5. The first-order valence-electron chi connectivity index (χ1n) is 15.2. The van der Waals surface area contributed by atoms with E-state index < -0.39 is 16.8 Å². The fourth-order valence-corrected chi connectivity index (χ4v) is 7.30. The van der Waals surface area contributed by atoms with Crippen LogP contribution in [0.2, 0.25) is 0 Å². The van der Waals surface area contributed by atoms with Gasteiger partial charge in [0.1, 0.15) is 11.5 Å². The largest absolute Gasteiger partial charge is 0.426 e. The smallest absolute Gasteiger partial charge is 0.343 e. The van der Waals surface area contributed by atoms with Crippen molar-refractivity contribution in [3.05, 3.63) is 163 Å². The molecule has 0 amide bonds. The molecular formula is C40H33IO4. The van der Waals surface area contributed by atoms with E-state index in [1.807, 2.05) is 32.9 Å². The Bertz CT molecular complexity index is 1920. The predicted octanol–water partition coefficient (Wildman–Crippen LogP) is 9.15. The fourth-order valence-electron chi connectivity index (χ4n) is 6.94. The molecule has 0 N–H and O–H groups in total. The van der Waals surface area contributed by atoms with Crippen molar-refractivity contribution in [1.29, 1.82) is 0 Å². The third-order valence-corrected chi connectivity index (χ3v) is 9.75. The third kappa shape index (κ3) is 4.88. The molecule has 224 valence electrons. The van der Waals surface area contributed by atoms with Gasteiger partial charge in [-0.25, -0.2) is 4.79 Å². The second kappa shape index (κ2) is 11.0. The second-order valence-corrected chi connectivity index (χ2v) is 14.3. The van der Waals surface area contributed by atoms with Gasteiger partial charge >= 0.3 is 11.9 Å². The summed E-state index contributed by atoms with van der Waals surface area (Å²) >= 11 is 2.22. The Morgan fingerprint density at radius 3 is 1.91 bits per heavy atom. The lowest BCUT2D eigenvalue weighted by molar-refractivity contribution is -0.143. The molecule has 0 heterocycles. The number of ether oxygens (including phenoxy) is 2. The minimum atomic E-state index is -0.710. The SMILES string of the molecule is Cc1ccc(CC23c4ccccc4C(c4ccccc42)c2c(OC(=O)C(C)(C)C)ccc(OC(=O)c4ccc(I)cc4)c23)cc1. The van der Waals surface area contributed by atoms with Gasteiger partial charge < -0.3 is 9.47 Å². The van der Waals surface area contributed by atoms with E-state index in [-0.39, 0.29) is 11.9 Å². The van der Waals surface area contributed by atoms with Gasteiger partial charge in [0, 0.05) is 20.6 Å². The molecule has 0 saturated heterocycles. The van der Waals surface area contributed by atoms with Gasteiger partial charge in [0.2, 0.25) is 0 Å². The van der Waals surface area contributed by atoms with Crippen molar-refractivity contribution in [2.24, 2.45) is 5.41 Å². The zero-order valence-electron chi connectivity index (χ0n) is 25.7. The van der Waals surface area contributed by atoms with E-state index >= 15 is 0 Å². The van der Waals surface area contributed by atoms with Crippen molar-refractivity contribution in [2.45, 2.75) is 45.4 Å². The Morgan fingerprint density at radius 2 is 1.31 bits per heavy atom. The summed E-state index contributed by atoms with van der Waals surface area (Å²) in [6, 6.07) is 36.7. The molecule has 0 atom stereocenters. The van der Waals surface area contributed by atoms with Crippen molar-refractivity contribution in [3.63, 3.8) is 0 Å². The number of halogens is 1. The van der Waals surface area contributed by atoms with Crippen molar-refractivity contribution in [1.82, 2.24) is 0 Å². The molecule has 0 unspecified atom stereocenters. The van der Waals surface area contributed by atoms with E-state index in [9.17, 15) is 9.59 Å². The van der Waals surface area contributed by atoms with Crippen molar-refractivity contribution < 1.29 is 19.1 Å². The maximum atomic E-state index is 13.7. The molecule has 5 aromatic rings. The molecule has 5 heteroatoms. The van der Waals surface area contributed by atoms with Gasteiger partial charge in [-0.05, 0) is 121 Å². The summed E-state index contributed by atoms with van der Waals surface area (Å²) in [6.07, 6.45) is 0.631. The highest BCUT2D eigenvalue weighted by atomic mass is 127. The number of esters is 2.